The Balaban J connectivity index is 1.09. The van der Waals surface area contributed by atoms with Crippen molar-refractivity contribution >= 4 is 54.3 Å². The van der Waals surface area contributed by atoms with Crippen molar-refractivity contribution < 1.29 is 4.42 Å². The Morgan fingerprint density at radius 3 is 1.71 bits per heavy atom. The van der Waals surface area contributed by atoms with Crippen LogP contribution < -0.4 is 0 Å². The fourth-order valence-electron chi connectivity index (χ4n) is 8.07. The van der Waals surface area contributed by atoms with Crippen molar-refractivity contribution in [2.24, 2.45) is 0 Å². The van der Waals surface area contributed by atoms with Gasteiger partial charge in [-0.05, 0) is 78.8 Å². The van der Waals surface area contributed by atoms with Crippen molar-refractivity contribution in [1.82, 2.24) is 15.0 Å². The average Bonchev–Trinajstić information content (AvgIpc) is 3.65. The molecule has 0 radical (unpaired) electrons. The zero-order chi connectivity index (χ0) is 36.3. The Bertz CT molecular complexity index is 3270. The summed E-state index contributed by atoms with van der Waals surface area (Å²) in [7, 11) is 0. The molecule has 0 N–H and O–H groups in total. The van der Waals surface area contributed by atoms with E-state index in [2.05, 4.69) is 158 Å². The number of rotatable bonds is 5. The molecule has 4 heteroatoms. The summed E-state index contributed by atoms with van der Waals surface area (Å²) in [6.45, 7) is 0. The van der Waals surface area contributed by atoms with E-state index in [1.807, 2.05) is 30.3 Å². The lowest BCUT2D eigenvalue weighted by atomic mass is 9.92. The molecule has 4 nitrogen and oxygen atoms in total. The van der Waals surface area contributed by atoms with Gasteiger partial charge in [-0.25, -0.2) is 15.0 Å². The smallest absolute Gasteiger partial charge is 0.167 e. The first-order valence-corrected chi connectivity index (χ1v) is 18.5. The Kier molecular flexibility index (Phi) is 7.14. The predicted octanol–water partition coefficient (Wildman–Crippen LogP) is 13.6. The molecule has 11 rings (SSSR count). The largest absolute Gasteiger partial charge is 0.455 e. The van der Waals surface area contributed by atoms with Gasteiger partial charge in [0, 0.05) is 21.9 Å². The lowest BCUT2D eigenvalue weighted by Crippen LogP contribution is -2.00. The molecule has 2 heterocycles. The number of benzene rings is 9. The number of furan rings is 1. The van der Waals surface area contributed by atoms with E-state index in [4.69, 9.17) is 19.4 Å². The van der Waals surface area contributed by atoms with Gasteiger partial charge in [-0.15, -0.1) is 0 Å². The van der Waals surface area contributed by atoms with Crippen molar-refractivity contribution in [3.63, 3.8) is 0 Å². The van der Waals surface area contributed by atoms with Gasteiger partial charge in [0.2, 0.25) is 0 Å². The summed E-state index contributed by atoms with van der Waals surface area (Å²) in [6, 6.07) is 65.9. The van der Waals surface area contributed by atoms with Crippen molar-refractivity contribution in [3.8, 4) is 56.4 Å². The lowest BCUT2D eigenvalue weighted by Gasteiger charge is -2.13. The highest BCUT2D eigenvalue weighted by molar-refractivity contribution is 6.14. The van der Waals surface area contributed by atoms with Crippen LogP contribution in [0.4, 0.5) is 0 Å². The van der Waals surface area contributed by atoms with E-state index in [9.17, 15) is 0 Å². The van der Waals surface area contributed by atoms with E-state index in [-0.39, 0.29) is 0 Å². The molecule has 0 bridgehead atoms. The molecular formula is C51H31N3O. The molecule has 0 unspecified atom stereocenters. The van der Waals surface area contributed by atoms with E-state index in [0.717, 1.165) is 49.8 Å². The van der Waals surface area contributed by atoms with Gasteiger partial charge in [-0.3, -0.25) is 0 Å². The van der Waals surface area contributed by atoms with Gasteiger partial charge in [-0.2, -0.15) is 0 Å². The normalized spacial score (nSPS) is 11.6. The lowest BCUT2D eigenvalue weighted by molar-refractivity contribution is 0.669. The molecule has 2 aromatic heterocycles. The summed E-state index contributed by atoms with van der Waals surface area (Å²) in [4.78, 5) is 15.5. The van der Waals surface area contributed by atoms with Crippen LogP contribution in [0.15, 0.2) is 192 Å². The van der Waals surface area contributed by atoms with Gasteiger partial charge in [0.1, 0.15) is 11.2 Å². The van der Waals surface area contributed by atoms with Gasteiger partial charge in [0.15, 0.2) is 17.5 Å². The third-order valence-electron chi connectivity index (χ3n) is 10.7. The maximum Gasteiger partial charge on any atom is 0.167 e. The molecule has 0 fully saturated rings. The number of nitrogens with zero attached hydrogens (tertiary/aromatic N) is 3. The number of hydrogen-bond acceptors (Lipinski definition) is 4. The molecule has 256 valence electrons. The molecule has 0 atom stereocenters. The highest BCUT2D eigenvalue weighted by Gasteiger charge is 2.19. The maximum absolute atomic E-state index is 6.48. The Hall–Kier alpha value is -7.43. The van der Waals surface area contributed by atoms with Crippen LogP contribution in [0.2, 0.25) is 0 Å². The molecule has 0 aliphatic carbocycles. The highest BCUT2D eigenvalue weighted by Crippen LogP contribution is 2.39. The van der Waals surface area contributed by atoms with Crippen molar-refractivity contribution in [2.75, 3.05) is 0 Å². The molecule has 0 aliphatic rings. The first kappa shape index (κ1) is 31.1. The van der Waals surface area contributed by atoms with Gasteiger partial charge >= 0.3 is 0 Å². The second kappa shape index (κ2) is 12.6. The van der Waals surface area contributed by atoms with Crippen LogP contribution in [0.3, 0.4) is 0 Å². The third-order valence-corrected chi connectivity index (χ3v) is 10.7. The first-order chi connectivity index (χ1) is 27.2. The van der Waals surface area contributed by atoms with Crippen LogP contribution >= 0.6 is 0 Å². The Morgan fingerprint density at radius 1 is 0.291 bits per heavy atom. The van der Waals surface area contributed by atoms with E-state index < -0.39 is 0 Å². The van der Waals surface area contributed by atoms with Gasteiger partial charge in [-0.1, -0.05) is 164 Å². The molecule has 0 aliphatic heterocycles. The van der Waals surface area contributed by atoms with Gasteiger partial charge < -0.3 is 4.42 Å². The minimum atomic E-state index is 0.560. The predicted molar refractivity (Wildman–Crippen MR) is 227 cm³/mol. The number of fused-ring (bicyclic) bond motifs is 7. The quantitative estimate of drug-likeness (QED) is 0.168. The number of para-hydroxylation sites is 2. The van der Waals surface area contributed by atoms with Crippen LogP contribution in [-0.4, -0.2) is 15.0 Å². The molecule has 0 saturated carbocycles. The van der Waals surface area contributed by atoms with Crippen LogP contribution in [0.1, 0.15) is 0 Å². The Morgan fingerprint density at radius 2 is 0.855 bits per heavy atom. The van der Waals surface area contributed by atoms with Gasteiger partial charge in [0.05, 0.1) is 5.56 Å². The van der Waals surface area contributed by atoms with E-state index in [1.54, 1.807) is 0 Å². The summed E-state index contributed by atoms with van der Waals surface area (Å²) < 4.78 is 6.48. The van der Waals surface area contributed by atoms with Crippen LogP contribution in [-0.2, 0) is 0 Å². The van der Waals surface area contributed by atoms with Crippen molar-refractivity contribution in [1.29, 1.82) is 0 Å². The van der Waals surface area contributed by atoms with Crippen LogP contribution in [0.25, 0.3) is 111 Å². The second-order valence-electron chi connectivity index (χ2n) is 14.0. The summed E-state index contributed by atoms with van der Waals surface area (Å²) in [6.07, 6.45) is 0. The fraction of sp³-hybridized carbons (Fsp3) is 0. The second-order valence-corrected chi connectivity index (χ2v) is 14.0. The first-order valence-electron chi connectivity index (χ1n) is 18.5. The van der Waals surface area contributed by atoms with Crippen molar-refractivity contribution in [2.45, 2.75) is 0 Å². The number of hydrogen-bond donors (Lipinski definition) is 0. The molecule has 0 spiro atoms. The Labute approximate surface area is 317 Å². The average molecular weight is 702 g/mol. The summed E-state index contributed by atoms with van der Waals surface area (Å²) >= 11 is 0. The van der Waals surface area contributed by atoms with Crippen molar-refractivity contribution in [3.05, 3.63) is 188 Å². The molecule has 11 aromatic rings. The van der Waals surface area contributed by atoms with Crippen LogP contribution in [0.5, 0.6) is 0 Å². The zero-order valence-electron chi connectivity index (χ0n) is 29.6. The highest BCUT2D eigenvalue weighted by atomic mass is 16.3. The SMILES string of the molecule is c1cc(-c2nc(-c3ccc(-c4cccc5ccccc45)cc3)nc(-c3cccc4c3oc3ccccc34)n2)cc(-c2cc3ccccc3c3ccccc23)c1. The van der Waals surface area contributed by atoms with Crippen LogP contribution in [0, 0.1) is 0 Å². The molecule has 55 heavy (non-hydrogen) atoms. The van der Waals surface area contributed by atoms with E-state index in [1.165, 1.54) is 43.4 Å². The topological polar surface area (TPSA) is 51.8 Å². The minimum absolute atomic E-state index is 0.560. The molecule has 0 amide bonds. The summed E-state index contributed by atoms with van der Waals surface area (Å²) in [5, 5.41) is 9.42. The summed E-state index contributed by atoms with van der Waals surface area (Å²) in [5.74, 6) is 1.75. The molecule has 9 aromatic carbocycles. The third kappa shape index (κ3) is 5.26. The standard InChI is InChI=1S/C51H31N3O/c1-3-17-38-32(12-1)14-10-22-39(38)33-26-28-34(29-27-33)49-52-50(54-51(53-49)45-24-11-23-44-43-21-7-8-25-47(43)55-48(44)45)37-16-9-15-35(30-37)46-31-36-13-2-4-18-40(36)41-19-5-6-20-42(41)46/h1-31H. The molecule has 0 saturated heterocycles. The maximum atomic E-state index is 6.48. The van der Waals surface area contributed by atoms with Gasteiger partial charge in [0.25, 0.3) is 0 Å². The monoisotopic (exact) mass is 701 g/mol. The van der Waals surface area contributed by atoms with E-state index in [0.29, 0.717) is 17.5 Å². The minimum Gasteiger partial charge on any atom is -0.455 e. The zero-order valence-corrected chi connectivity index (χ0v) is 29.6. The fourth-order valence-corrected chi connectivity index (χ4v) is 8.07. The summed E-state index contributed by atoms with van der Waals surface area (Å²) in [5.41, 5.74) is 8.82. The van der Waals surface area contributed by atoms with E-state index >= 15 is 0 Å². The molecular weight excluding hydrogens is 671 g/mol. The number of aromatic nitrogens is 3.